The fraction of sp³-hybridized carbons (Fsp3) is 0.0833. The largest absolute Gasteiger partial charge is 0.394 e. The Bertz CT molecular complexity index is 635. The highest BCUT2D eigenvalue weighted by Crippen LogP contribution is 2.29. The Kier molecular flexibility index (Phi) is 3.13. The van der Waals surface area contributed by atoms with Crippen LogP contribution in [0.1, 0.15) is 0 Å². The van der Waals surface area contributed by atoms with Crippen LogP contribution in [0.5, 0.6) is 0 Å². The van der Waals surface area contributed by atoms with Crippen molar-refractivity contribution in [2.45, 2.75) is 0 Å². The molecule has 17 heavy (non-hydrogen) atoms. The summed E-state index contributed by atoms with van der Waals surface area (Å²) >= 11 is 12.0. The predicted molar refractivity (Wildman–Crippen MR) is 71.6 cm³/mol. The first-order valence-corrected chi connectivity index (χ1v) is 5.67. The summed E-state index contributed by atoms with van der Waals surface area (Å²) in [6, 6.07) is 8.42. The Morgan fingerprint density at radius 3 is 2.59 bits per heavy atom. The molecule has 5 heteroatoms. The van der Waals surface area contributed by atoms with Crippen molar-refractivity contribution in [3.8, 4) is 11.3 Å². The molecule has 88 valence electrons. The van der Waals surface area contributed by atoms with E-state index in [9.17, 15) is 4.79 Å². The van der Waals surface area contributed by atoms with Gasteiger partial charge in [-0.15, -0.1) is 0 Å². The molecule has 0 aliphatic heterocycles. The number of benzene rings is 1. The lowest BCUT2D eigenvalue weighted by Gasteiger charge is -2.10. The number of hydrogen-bond acceptors (Lipinski definition) is 2. The van der Waals surface area contributed by atoms with Crippen molar-refractivity contribution in [3.63, 3.8) is 0 Å². The van der Waals surface area contributed by atoms with Crippen LogP contribution in [0.3, 0.4) is 0 Å². The smallest absolute Gasteiger partial charge is 0.273 e. The van der Waals surface area contributed by atoms with E-state index >= 15 is 0 Å². The van der Waals surface area contributed by atoms with Gasteiger partial charge in [0.15, 0.2) is 0 Å². The van der Waals surface area contributed by atoms with Gasteiger partial charge in [-0.25, -0.2) is 0 Å². The lowest BCUT2D eigenvalue weighted by molar-refractivity contribution is 0.874. The van der Waals surface area contributed by atoms with Crippen molar-refractivity contribution in [3.05, 3.63) is 50.7 Å². The lowest BCUT2D eigenvalue weighted by Crippen LogP contribution is -2.21. The highest BCUT2D eigenvalue weighted by molar-refractivity contribution is 6.35. The van der Waals surface area contributed by atoms with E-state index in [-0.39, 0.29) is 11.2 Å². The van der Waals surface area contributed by atoms with Gasteiger partial charge in [0.05, 0.1) is 11.4 Å². The molecule has 1 aromatic heterocycles. The summed E-state index contributed by atoms with van der Waals surface area (Å²) in [4.78, 5) is 11.7. The molecule has 0 aliphatic rings. The molecule has 0 spiro atoms. The monoisotopic (exact) mass is 268 g/mol. The molecule has 0 amide bonds. The van der Waals surface area contributed by atoms with Gasteiger partial charge in [-0.05, 0) is 30.3 Å². The van der Waals surface area contributed by atoms with Crippen LogP contribution in [-0.4, -0.2) is 4.57 Å². The molecule has 2 rings (SSSR count). The van der Waals surface area contributed by atoms with Crippen LogP contribution in [-0.2, 0) is 7.05 Å². The van der Waals surface area contributed by atoms with Crippen LogP contribution in [0.15, 0.2) is 35.1 Å². The van der Waals surface area contributed by atoms with Crippen LogP contribution >= 0.6 is 23.2 Å². The summed E-state index contributed by atoms with van der Waals surface area (Å²) in [6.45, 7) is 0. The number of aromatic nitrogens is 1. The van der Waals surface area contributed by atoms with Crippen LogP contribution < -0.4 is 11.3 Å². The molecular weight excluding hydrogens is 259 g/mol. The molecule has 2 aromatic rings. The maximum Gasteiger partial charge on any atom is 0.273 e. The Morgan fingerprint density at radius 2 is 1.88 bits per heavy atom. The van der Waals surface area contributed by atoms with E-state index in [1.54, 1.807) is 37.4 Å². The van der Waals surface area contributed by atoms with E-state index in [1.165, 1.54) is 4.57 Å². The molecule has 1 aromatic carbocycles. The van der Waals surface area contributed by atoms with Crippen LogP contribution in [0.4, 0.5) is 5.69 Å². The predicted octanol–water partition coefficient (Wildman–Crippen LogP) is 2.94. The molecule has 0 aliphatic carbocycles. The van der Waals surface area contributed by atoms with Crippen molar-refractivity contribution in [1.29, 1.82) is 0 Å². The van der Waals surface area contributed by atoms with Gasteiger partial charge < -0.3 is 10.3 Å². The van der Waals surface area contributed by atoms with Crippen LogP contribution in [0.25, 0.3) is 11.3 Å². The summed E-state index contributed by atoms with van der Waals surface area (Å²) in [5.74, 6) is 0. The van der Waals surface area contributed by atoms with Gasteiger partial charge in [-0.1, -0.05) is 23.2 Å². The topological polar surface area (TPSA) is 48.0 Å². The normalized spacial score (nSPS) is 10.5. The Labute approximate surface area is 108 Å². The molecule has 0 fully saturated rings. The molecular formula is C12H10Cl2N2O. The third-order valence-electron chi connectivity index (χ3n) is 2.54. The third-order valence-corrected chi connectivity index (χ3v) is 3.10. The van der Waals surface area contributed by atoms with Crippen LogP contribution in [0, 0.1) is 0 Å². The van der Waals surface area contributed by atoms with Gasteiger partial charge in [-0.2, -0.15) is 0 Å². The minimum Gasteiger partial charge on any atom is -0.394 e. The van der Waals surface area contributed by atoms with E-state index in [1.807, 2.05) is 0 Å². The van der Waals surface area contributed by atoms with E-state index in [0.717, 1.165) is 0 Å². The third kappa shape index (κ3) is 2.16. The van der Waals surface area contributed by atoms with Crippen molar-refractivity contribution >= 4 is 28.9 Å². The number of anilines is 1. The highest BCUT2D eigenvalue weighted by atomic mass is 35.5. The fourth-order valence-corrected chi connectivity index (χ4v) is 2.01. The number of pyridine rings is 1. The molecule has 0 unspecified atom stereocenters. The number of nitrogen functional groups attached to an aromatic ring is 1. The fourth-order valence-electron chi connectivity index (χ4n) is 1.62. The van der Waals surface area contributed by atoms with Gasteiger partial charge in [0.1, 0.15) is 0 Å². The van der Waals surface area contributed by atoms with Crippen molar-refractivity contribution in [1.82, 2.24) is 4.57 Å². The Hall–Kier alpha value is -1.45. The number of hydrogen-bond donors (Lipinski definition) is 1. The molecule has 0 radical (unpaired) electrons. The average Bonchev–Trinajstić information content (AvgIpc) is 2.30. The quantitative estimate of drug-likeness (QED) is 0.865. The maximum absolute atomic E-state index is 11.7. The lowest BCUT2D eigenvalue weighted by atomic mass is 10.1. The second-order valence-electron chi connectivity index (χ2n) is 3.66. The second-order valence-corrected chi connectivity index (χ2v) is 4.51. The Morgan fingerprint density at radius 1 is 1.18 bits per heavy atom. The van der Waals surface area contributed by atoms with Crippen molar-refractivity contribution in [2.75, 3.05) is 5.73 Å². The summed E-state index contributed by atoms with van der Waals surface area (Å²) in [5, 5.41) is 1.10. The number of nitrogens with zero attached hydrogens (tertiary/aromatic N) is 1. The summed E-state index contributed by atoms with van der Waals surface area (Å²) in [5.41, 5.74) is 6.88. The highest BCUT2D eigenvalue weighted by Gasteiger charge is 2.09. The summed E-state index contributed by atoms with van der Waals surface area (Å²) < 4.78 is 1.45. The van der Waals surface area contributed by atoms with Crippen molar-refractivity contribution in [2.24, 2.45) is 7.05 Å². The molecule has 0 saturated heterocycles. The molecule has 0 bridgehead atoms. The maximum atomic E-state index is 11.7. The number of halogens is 2. The molecule has 1 heterocycles. The second kappa shape index (κ2) is 4.43. The first-order valence-electron chi connectivity index (χ1n) is 4.91. The number of nitrogens with two attached hydrogens (primary N) is 1. The van der Waals surface area contributed by atoms with Gasteiger partial charge in [0.2, 0.25) is 0 Å². The minimum atomic E-state index is -0.251. The summed E-state index contributed by atoms with van der Waals surface area (Å²) in [6.07, 6.45) is 0. The zero-order chi connectivity index (χ0) is 12.6. The van der Waals surface area contributed by atoms with Gasteiger partial charge in [0, 0.05) is 22.7 Å². The molecule has 0 saturated carbocycles. The van der Waals surface area contributed by atoms with E-state index < -0.39 is 0 Å². The first kappa shape index (κ1) is 12.0. The van der Waals surface area contributed by atoms with Crippen LogP contribution in [0.2, 0.25) is 10.0 Å². The summed E-state index contributed by atoms with van der Waals surface area (Å²) in [7, 11) is 1.64. The Balaban J connectivity index is 2.73. The minimum absolute atomic E-state index is 0.203. The molecule has 2 N–H and O–H groups in total. The molecule has 3 nitrogen and oxygen atoms in total. The van der Waals surface area contributed by atoms with E-state index in [2.05, 4.69) is 0 Å². The van der Waals surface area contributed by atoms with E-state index in [4.69, 9.17) is 28.9 Å². The standard InChI is InChI=1S/C12H10Cl2N2O/c1-16-11(5-4-10(15)12(16)17)8-6-7(13)2-3-9(8)14/h2-6H,15H2,1H3. The first-order chi connectivity index (χ1) is 8.00. The van der Waals surface area contributed by atoms with Gasteiger partial charge in [0.25, 0.3) is 5.56 Å². The van der Waals surface area contributed by atoms with Gasteiger partial charge in [-0.3, -0.25) is 4.79 Å². The van der Waals surface area contributed by atoms with Crippen molar-refractivity contribution < 1.29 is 0 Å². The van der Waals surface area contributed by atoms with Gasteiger partial charge >= 0.3 is 0 Å². The number of rotatable bonds is 1. The zero-order valence-electron chi connectivity index (χ0n) is 9.08. The molecule has 0 atom stereocenters. The zero-order valence-corrected chi connectivity index (χ0v) is 10.6. The SMILES string of the molecule is Cn1c(-c2cc(Cl)ccc2Cl)ccc(N)c1=O. The average molecular weight is 269 g/mol. The van der Waals surface area contributed by atoms with E-state index in [0.29, 0.717) is 21.3 Å².